The summed E-state index contributed by atoms with van der Waals surface area (Å²) in [6.07, 6.45) is 7.17. The number of aromatic nitrogens is 3. The van der Waals surface area contributed by atoms with Crippen molar-refractivity contribution in [2.75, 3.05) is 6.54 Å². The first kappa shape index (κ1) is 18.0. The van der Waals surface area contributed by atoms with E-state index in [0.29, 0.717) is 18.2 Å². The molecular formula is C17H22N6O3. The highest BCUT2D eigenvalue weighted by Gasteiger charge is 2.25. The van der Waals surface area contributed by atoms with Crippen molar-refractivity contribution in [3.63, 3.8) is 0 Å². The van der Waals surface area contributed by atoms with Crippen molar-refractivity contribution in [1.29, 1.82) is 0 Å². The molecule has 1 aliphatic rings. The maximum absolute atomic E-state index is 12.5. The fourth-order valence-electron chi connectivity index (χ4n) is 3.39. The number of nitro benzene ring substituents is 1. The monoisotopic (exact) mass is 358 g/mol. The topological polar surface area (TPSA) is 129 Å². The third-order valence-corrected chi connectivity index (χ3v) is 4.82. The number of amides is 1. The lowest BCUT2D eigenvalue weighted by Crippen LogP contribution is -2.46. The number of nitrogens with zero attached hydrogens (tertiary/aromatic N) is 4. The number of nitro groups is 1. The second kappa shape index (κ2) is 8.05. The third kappa shape index (κ3) is 4.05. The SMILES string of the molecule is NCC(NC(=O)c1cn(-c2cccc([N+](=O)[O-])c2)nn1)C1CCCCC1. The van der Waals surface area contributed by atoms with E-state index in [1.54, 1.807) is 12.1 Å². The van der Waals surface area contributed by atoms with Crippen LogP contribution in [0.15, 0.2) is 30.5 Å². The fourth-order valence-corrected chi connectivity index (χ4v) is 3.39. The molecule has 0 saturated heterocycles. The molecule has 1 fully saturated rings. The lowest BCUT2D eigenvalue weighted by Gasteiger charge is -2.29. The van der Waals surface area contributed by atoms with Crippen LogP contribution in [0.1, 0.15) is 42.6 Å². The summed E-state index contributed by atoms with van der Waals surface area (Å²) in [5, 5.41) is 21.6. The molecule has 0 radical (unpaired) electrons. The Bertz CT molecular complexity index is 784. The standard InChI is InChI=1S/C17H22N6O3/c18-10-15(12-5-2-1-3-6-12)19-17(24)16-11-22(21-20-16)13-7-4-8-14(9-13)23(25)26/h4,7-9,11-12,15H,1-3,5-6,10,18H2,(H,19,24). The van der Waals surface area contributed by atoms with Crippen LogP contribution in [0.2, 0.25) is 0 Å². The molecule has 1 aliphatic carbocycles. The predicted octanol–water partition coefficient (Wildman–Crippen LogP) is 1.81. The second-order valence-corrected chi connectivity index (χ2v) is 6.54. The number of nitrogens with two attached hydrogens (primary N) is 1. The Kier molecular flexibility index (Phi) is 5.57. The molecule has 138 valence electrons. The highest BCUT2D eigenvalue weighted by molar-refractivity contribution is 5.92. The Morgan fingerprint density at radius 2 is 2.15 bits per heavy atom. The van der Waals surface area contributed by atoms with Crippen molar-refractivity contribution in [1.82, 2.24) is 20.3 Å². The Labute approximate surface area is 150 Å². The number of benzene rings is 1. The Morgan fingerprint density at radius 1 is 1.38 bits per heavy atom. The van der Waals surface area contributed by atoms with Crippen LogP contribution in [0.5, 0.6) is 0 Å². The van der Waals surface area contributed by atoms with Gasteiger partial charge in [0, 0.05) is 24.7 Å². The quantitative estimate of drug-likeness (QED) is 0.598. The zero-order chi connectivity index (χ0) is 18.5. The summed E-state index contributed by atoms with van der Waals surface area (Å²) in [4.78, 5) is 22.9. The summed E-state index contributed by atoms with van der Waals surface area (Å²) in [7, 11) is 0. The number of carbonyl (C=O) groups is 1. The number of hydrogen-bond donors (Lipinski definition) is 2. The van der Waals surface area contributed by atoms with Crippen LogP contribution in [-0.2, 0) is 0 Å². The van der Waals surface area contributed by atoms with Crippen LogP contribution in [0.4, 0.5) is 5.69 Å². The molecule has 1 atom stereocenters. The smallest absolute Gasteiger partial charge is 0.273 e. The van der Waals surface area contributed by atoms with Crippen LogP contribution in [-0.4, -0.2) is 38.4 Å². The summed E-state index contributed by atoms with van der Waals surface area (Å²) in [5.41, 5.74) is 6.42. The van der Waals surface area contributed by atoms with Gasteiger partial charge in [-0.2, -0.15) is 0 Å². The van der Waals surface area contributed by atoms with Crippen LogP contribution in [0.25, 0.3) is 5.69 Å². The Balaban J connectivity index is 1.71. The van der Waals surface area contributed by atoms with E-state index >= 15 is 0 Å². The molecule has 1 saturated carbocycles. The first-order valence-electron chi connectivity index (χ1n) is 8.76. The van der Waals surface area contributed by atoms with Crippen molar-refractivity contribution in [2.45, 2.75) is 38.1 Å². The lowest BCUT2D eigenvalue weighted by atomic mass is 9.84. The van der Waals surface area contributed by atoms with E-state index in [-0.39, 0.29) is 23.3 Å². The Hall–Kier alpha value is -2.81. The molecule has 26 heavy (non-hydrogen) atoms. The van der Waals surface area contributed by atoms with Gasteiger partial charge in [0.15, 0.2) is 5.69 Å². The van der Waals surface area contributed by atoms with Gasteiger partial charge in [0.05, 0.1) is 16.8 Å². The van der Waals surface area contributed by atoms with Crippen LogP contribution in [0.3, 0.4) is 0 Å². The van der Waals surface area contributed by atoms with Crippen molar-refractivity contribution in [3.8, 4) is 5.69 Å². The zero-order valence-electron chi connectivity index (χ0n) is 14.4. The average molecular weight is 358 g/mol. The summed E-state index contributed by atoms with van der Waals surface area (Å²) in [6.45, 7) is 0.384. The second-order valence-electron chi connectivity index (χ2n) is 6.54. The first-order valence-corrected chi connectivity index (χ1v) is 8.76. The fraction of sp³-hybridized carbons (Fsp3) is 0.471. The van der Waals surface area contributed by atoms with Gasteiger partial charge in [-0.3, -0.25) is 14.9 Å². The molecule has 0 bridgehead atoms. The van der Waals surface area contributed by atoms with Gasteiger partial charge in [0.1, 0.15) is 0 Å². The van der Waals surface area contributed by atoms with Crippen molar-refractivity contribution in [3.05, 3.63) is 46.3 Å². The van der Waals surface area contributed by atoms with Crippen LogP contribution < -0.4 is 11.1 Å². The molecule has 0 spiro atoms. The molecule has 1 heterocycles. The van der Waals surface area contributed by atoms with E-state index in [0.717, 1.165) is 12.8 Å². The van der Waals surface area contributed by atoms with Gasteiger partial charge in [0.2, 0.25) is 0 Å². The van der Waals surface area contributed by atoms with E-state index in [2.05, 4.69) is 15.6 Å². The maximum Gasteiger partial charge on any atom is 0.273 e. The first-order chi connectivity index (χ1) is 12.6. The van der Waals surface area contributed by atoms with E-state index in [4.69, 9.17) is 5.73 Å². The number of nitrogens with one attached hydrogen (secondary N) is 1. The van der Waals surface area contributed by atoms with Gasteiger partial charge in [-0.1, -0.05) is 30.5 Å². The molecule has 1 amide bonds. The third-order valence-electron chi connectivity index (χ3n) is 4.82. The summed E-state index contributed by atoms with van der Waals surface area (Å²) in [6, 6.07) is 5.91. The maximum atomic E-state index is 12.5. The van der Waals surface area contributed by atoms with E-state index in [1.165, 1.54) is 42.3 Å². The van der Waals surface area contributed by atoms with Crippen molar-refractivity contribution < 1.29 is 9.72 Å². The van der Waals surface area contributed by atoms with E-state index in [1.807, 2.05) is 0 Å². The number of rotatable bonds is 6. The van der Waals surface area contributed by atoms with Gasteiger partial charge in [-0.25, -0.2) is 4.68 Å². The van der Waals surface area contributed by atoms with Gasteiger partial charge in [-0.15, -0.1) is 5.10 Å². The summed E-state index contributed by atoms with van der Waals surface area (Å²) < 4.78 is 1.35. The normalized spacial score (nSPS) is 16.2. The minimum atomic E-state index is -0.482. The zero-order valence-corrected chi connectivity index (χ0v) is 14.4. The minimum Gasteiger partial charge on any atom is -0.346 e. The number of hydrogen-bond acceptors (Lipinski definition) is 6. The molecule has 0 aliphatic heterocycles. The molecule has 2 aromatic rings. The predicted molar refractivity (Wildman–Crippen MR) is 94.9 cm³/mol. The summed E-state index contributed by atoms with van der Waals surface area (Å²) in [5.74, 6) is 0.0622. The summed E-state index contributed by atoms with van der Waals surface area (Å²) >= 11 is 0. The van der Waals surface area contributed by atoms with Gasteiger partial charge >= 0.3 is 0 Å². The molecule has 1 unspecified atom stereocenters. The highest BCUT2D eigenvalue weighted by atomic mass is 16.6. The van der Waals surface area contributed by atoms with Crippen molar-refractivity contribution in [2.24, 2.45) is 11.7 Å². The lowest BCUT2D eigenvalue weighted by molar-refractivity contribution is -0.384. The van der Waals surface area contributed by atoms with Crippen LogP contribution in [0, 0.1) is 16.0 Å². The average Bonchev–Trinajstić information content (AvgIpc) is 3.17. The van der Waals surface area contributed by atoms with E-state index < -0.39 is 4.92 Å². The number of non-ortho nitro benzene ring substituents is 1. The highest BCUT2D eigenvalue weighted by Crippen LogP contribution is 2.26. The van der Waals surface area contributed by atoms with Gasteiger partial charge < -0.3 is 11.1 Å². The van der Waals surface area contributed by atoms with Crippen LogP contribution >= 0.6 is 0 Å². The molecular weight excluding hydrogens is 336 g/mol. The van der Waals surface area contributed by atoms with Crippen molar-refractivity contribution >= 4 is 11.6 Å². The Morgan fingerprint density at radius 3 is 2.85 bits per heavy atom. The molecule has 9 heteroatoms. The van der Waals surface area contributed by atoms with Gasteiger partial charge in [0.25, 0.3) is 11.6 Å². The molecule has 3 rings (SSSR count). The van der Waals surface area contributed by atoms with Gasteiger partial charge in [-0.05, 0) is 24.8 Å². The molecule has 1 aromatic heterocycles. The molecule has 1 aromatic carbocycles. The number of carbonyl (C=O) groups excluding carboxylic acids is 1. The largest absolute Gasteiger partial charge is 0.346 e. The molecule has 9 nitrogen and oxygen atoms in total. The van der Waals surface area contributed by atoms with E-state index in [9.17, 15) is 14.9 Å². The molecule has 3 N–H and O–H groups in total. The minimum absolute atomic E-state index is 0.0514.